The number of ketones is 1. The van der Waals surface area contributed by atoms with Crippen LogP contribution in [-0.2, 0) is 14.8 Å². The van der Waals surface area contributed by atoms with E-state index in [-0.39, 0.29) is 27.5 Å². The van der Waals surface area contributed by atoms with E-state index in [1.165, 1.54) is 23.5 Å². The Bertz CT molecular complexity index is 1640. The van der Waals surface area contributed by atoms with Gasteiger partial charge in [-0.3, -0.25) is 4.79 Å². The molecule has 40 heavy (non-hydrogen) atoms. The van der Waals surface area contributed by atoms with Crippen molar-refractivity contribution in [2.75, 3.05) is 26.0 Å². The highest BCUT2D eigenvalue weighted by Gasteiger charge is 2.23. The molecule has 0 saturated heterocycles. The monoisotopic (exact) mass is 582 g/mol. The third kappa shape index (κ3) is 5.88. The number of nitrogens with zero attached hydrogens (tertiary/aromatic N) is 4. The molecule has 0 N–H and O–H groups in total. The average Bonchev–Trinajstić information content (AvgIpc) is 3.56. The Morgan fingerprint density at radius 3 is 2.38 bits per heavy atom. The Morgan fingerprint density at radius 2 is 1.73 bits per heavy atom. The third-order valence-corrected chi connectivity index (χ3v) is 9.30. The van der Waals surface area contributed by atoms with Crippen LogP contribution in [-0.4, -0.2) is 65.2 Å². The molecule has 0 aliphatic rings. The molecule has 2 heterocycles. The number of aryl methyl sites for hydroxylation is 1. The Labute approximate surface area is 237 Å². The van der Waals surface area contributed by atoms with Crippen molar-refractivity contribution in [1.82, 2.24) is 19.1 Å². The second-order valence-corrected chi connectivity index (χ2v) is 11.7. The van der Waals surface area contributed by atoms with Crippen LogP contribution in [0.5, 0.6) is 0 Å². The number of carbonyl (C=O) groups is 2. The summed E-state index contributed by atoms with van der Waals surface area (Å²) < 4.78 is 39.6. The fourth-order valence-electron chi connectivity index (χ4n) is 4.40. The zero-order valence-electron chi connectivity index (χ0n) is 22.9. The number of aromatic nitrogens is 3. The summed E-state index contributed by atoms with van der Waals surface area (Å²) in [5.41, 5.74) is 3.94. The van der Waals surface area contributed by atoms with Crippen molar-refractivity contribution < 1.29 is 27.2 Å². The van der Waals surface area contributed by atoms with Crippen LogP contribution in [0, 0.1) is 13.8 Å². The fraction of sp³-hybridized carbons (Fsp3) is 0.286. The number of hydrogen-bond acceptors (Lipinski definition) is 9. The minimum atomic E-state index is -3.64. The van der Waals surface area contributed by atoms with E-state index in [1.54, 1.807) is 50.2 Å². The second kappa shape index (κ2) is 12.2. The van der Waals surface area contributed by atoms with Crippen LogP contribution in [0.1, 0.15) is 46.0 Å². The summed E-state index contributed by atoms with van der Waals surface area (Å²) in [5, 5.41) is 8.28. The van der Waals surface area contributed by atoms with Gasteiger partial charge in [-0.2, -0.15) is 4.31 Å². The largest absolute Gasteiger partial charge is 0.465 e. The molecule has 2 aromatic heterocycles. The molecule has 0 amide bonds. The van der Waals surface area contributed by atoms with Crippen LogP contribution < -0.4 is 0 Å². The van der Waals surface area contributed by atoms with Gasteiger partial charge in [-0.1, -0.05) is 31.7 Å². The van der Waals surface area contributed by atoms with Crippen LogP contribution in [0.25, 0.3) is 17.1 Å². The van der Waals surface area contributed by atoms with Gasteiger partial charge in [0.2, 0.25) is 15.9 Å². The molecule has 0 spiro atoms. The van der Waals surface area contributed by atoms with E-state index in [4.69, 9.17) is 9.15 Å². The first-order valence-electron chi connectivity index (χ1n) is 12.6. The number of rotatable bonds is 11. The molecular weight excluding hydrogens is 552 g/mol. The first kappa shape index (κ1) is 29.2. The topological polar surface area (TPSA) is 125 Å². The number of esters is 1. The van der Waals surface area contributed by atoms with E-state index >= 15 is 0 Å². The maximum absolute atomic E-state index is 13.1. The Morgan fingerprint density at radius 1 is 1.02 bits per heavy atom. The summed E-state index contributed by atoms with van der Waals surface area (Å²) in [4.78, 5) is 25.0. The third-order valence-electron chi connectivity index (χ3n) is 6.44. The van der Waals surface area contributed by atoms with Crippen LogP contribution in [0.3, 0.4) is 0 Å². The lowest BCUT2D eigenvalue weighted by molar-refractivity contribution is 0.0600. The zero-order valence-corrected chi connectivity index (χ0v) is 24.5. The maximum Gasteiger partial charge on any atom is 0.337 e. The number of carbonyl (C=O) groups excluding carboxylic acids is 2. The lowest BCUT2D eigenvalue weighted by Crippen LogP contribution is -2.30. The average molecular weight is 583 g/mol. The van der Waals surface area contributed by atoms with Gasteiger partial charge in [-0.25, -0.2) is 13.2 Å². The number of thioether (sulfide) groups is 1. The molecule has 0 aliphatic carbocycles. The number of hydrogen-bond donors (Lipinski definition) is 0. The van der Waals surface area contributed by atoms with E-state index < -0.39 is 16.0 Å². The highest BCUT2D eigenvalue weighted by Crippen LogP contribution is 2.28. The molecule has 0 unspecified atom stereocenters. The number of sulfonamides is 1. The highest BCUT2D eigenvalue weighted by molar-refractivity contribution is 7.99. The van der Waals surface area contributed by atoms with Gasteiger partial charge in [-0.15, -0.1) is 10.2 Å². The summed E-state index contributed by atoms with van der Waals surface area (Å²) in [6.45, 7) is 8.07. The minimum Gasteiger partial charge on any atom is -0.465 e. The van der Waals surface area contributed by atoms with Crippen molar-refractivity contribution in [3.05, 3.63) is 77.1 Å². The fourth-order valence-corrected chi connectivity index (χ4v) is 6.55. The van der Waals surface area contributed by atoms with Crippen molar-refractivity contribution in [2.24, 2.45) is 0 Å². The molecule has 0 bridgehead atoms. The van der Waals surface area contributed by atoms with Crippen molar-refractivity contribution >= 4 is 33.5 Å². The SMILES string of the molecule is CCN(CC)S(=O)(=O)c1cccc(-c2nnc(SCC(=O)c3cc(C)n(-c4ccc(C(=O)OC)cc4)c3C)o2)c1. The van der Waals surface area contributed by atoms with Crippen LogP contribution in [0.4, 0.5) is 0 Å². The van der Waals surface area contributed by atoms with Crippen LogP contribution in [0.15, 0.2) is 69.1 Å². The molecule has 0 radical (unpaired) electrons. The molecule has 0 atom stereocenters. The van der Waals surface area contributed by atoms with E-state index in [1.807, 2.05) is 24.5 Å². The van der Waals surface area contributed by atoms with Gasteiger partial charge in [0.15, 0.2) is 5.78 Å². The molecule has 0 fully saturated rings. The van der Waals surface area contributed by atoms with Crippen LogP contribution in [0.2, 0.25) is 0 Å². The smallest absolute Gasteiger partial charge is 0.337 e. The summed E-state index contributed by atoms with van der Waals surface area (Å²) in [7, 11) is -2.31. The lowest BCUT2D eigenvalue weighted by Gasteiger charge is -2.18. The van der Waals surface area contributed by atoms with Crippen molar-refractivity contribution in [3.8, 4) is 17.1 Å². The summed E-state index contributed by atoms with van der Waals surface area (Å²) in [6.07, 6.45) is 0. The molecule has 0 aliphatic heterocycles. The van der Waals surface area contributed by atoms with Gasteiger partial charge in [0.25, 0.3) is 5.22 Å². The van der Waals surface area contributed by atoms with E-state index in [9.17, 15) is 18.0 Å². The van der Waals surface area contributed by atoms with E-state index in [2.05, 4.69) is 10.2 Å². The highest BCUT2D eigenvalue weighted by atomic mass is 32.2. The molecular formula is C28H30N4O6S2. The van der Waals surface area contributed by atoms with Gasteiger partial charge in [0.1, 0.15) is 0 Å². The van der Waals surface area contributed by atoms with Gasteiger partial charge in [0, 0.05) is 41.3 Å². The van der Waals surface area contributed by atoms with Crippen molar-refractivity contribution in [3.63, 3.8) is 0 Å². The molecule has 0 saturated carbocycles. The van der Waals surface area contributed by atoms with E-state index in [0.717, 1.165) is 28.8 Å². The van der Waals surface area contributed by atoms with Crippen molar-refractivity contribution in [1.29, 1.82) is 0 Å². The summed E-state index contributed by atoms with van der Waals surface area (Å²) in [5.74, 6) is -0.284. The maximum atomic E-state index is 13.1. The predicted octanol–water partition coefficient (Wildman–Crippen LogP) is 4.94. The number of benzene rings is 2. The minimum absolute atomic E-state index is 0.0730. The predicted molar refractivity (Wildman–Crippen MR) is 151 cm³/mol. The van der Waals surface area contributed by atoms with Gasteiger partial charge in [-0.05, 0) is 62.4 Å². The summed E-state index contributed by atoms with van der Waals surface area (Å²) >= 11 is 1.11. The van der Waals surface area contributed by atoms with E-state index in [0.29, 0.717) is 29.8 Å². The second-order valence-electron chi connectivity index (χ2n) is 8.86. The van der Waals surface area contributed by atoms with Crippen LogP contribution >= 0.6 is 11.8 Å². The van der Waals surface area contributed by atoms with Gasteiger partial charge < -0.3 is 13.7 Å². The Balaban J connectivity index is 1.48. The lowest BCUT2D eigenvalue weighted by atomic mass is 10.2. The van der Waals surface area contributed by atoms with Gasteiger partial charge >= 0.3 is 5.97 Å². The summed E-state index contributed by atoms with van der Waals surface area (Å²) in [6, 6.07) is 15.2. The quantitative estimate of drug-likeness (QED) is 0.137. The Hall–Kier alpha value is -3.74. The first-order chi connectivity index (χ1) is 19.1. The molecule has 2 aromatic carbocycles. The van der Waals surface area contributed by atoms with Crippen molar-refractivity contribution in [2.45, 2.75) is 37.8 Å². The molecule has 10 nitrogen and oxygen atoms in total. The number of Topliss-reactive ketones (excluding diaryl/α,β-unsaturated/α-hetero) is 1. The molecule has 12 heteroatoms. The Kier molecular flexibility index (Phi) is 8.92. The number of ether oxygens (including phenoxy) is 1. The molecule has 4 rings (SSSR count). The number of methoxy groups -OCH3 is 1. The zero-order chi connectivity index (χ0) is 29.0. The van der Waals surface area contributed by atoms with Gasteiger partial charge in [0.05, 0.1) is 23.3 Å². The molecule has 4 aromatic rings. The standard InChI is InChI=1S/C28H30N4O6S2/c1-6-31(7-2)40(35,36)23-10-8-9-21(16-23)26-29-30-28(38-26)39-17-25(33)24-15-18(3)32(19(24)4)22-13-11-20(12-14-22)27(34)37-5/h8-16H,6-7,17H2,1-5H3. The first-order valence-corrected chi connectivity index (χ1v) is 15.0. The molecule has 210 valence electrons. The normalized spacial score (nSPS) is 11.7.